The maximum atomic E-state index is 12.8. The van der Waals surface area contributed by atoms with E-state index in [1.807, 2.05) is 21.9 Å². The molecule has 1 saturated heterocycles. The predicted octanol–water partition coefficient (Wildman–Crippen LogP) is 3.62. The van der Waals surface area contributed by atoms with Crippen LogP contribution in [0.4, 0.5) is 0 Å². The minimum absolute atomic E-state index is 0.0981. The second-order valence-electron chi connectivity index (χ2n) is 8.77. The van der Waals surface area contributed by atoms with Gasteiger partial charge in [-0.05, 0) is 38.2 Å². The second-order valence-corrected chi connectivity index (χ2v) is 9.71. The molecule has 1 aromatic carbocycles. The molecule has 1 aliphatic carbocycles. The Kier molecular flexibility index (Phi) is 7.50. The van der Waals surface area contributed by atoms with Crippen molar-refractivity contribution in [3.05, 3.63) is 29.8 Å². The number of piperazine rings is 1. The number of aromatic nitrogens is 3. The van der Waals surface area contributed by atoms with Crippen molar-refractivity contribution in [3.8, 4) is 11.4 Å². The first-order valence-corrected chi connectivity index (χ1v) is 12.7. The monoisotopic (exact) mass is 455 g/mol. The molecule has 0 radical (unpaired) electrons. The first-order chi connectivity index (χ1) is 15.6. The van der Waals surface area contributed by atoms with Gasteiger partial charge in [0.05, 0.1) is 5.75 Å². The molecule has 2 aliphatic rings. The van der Waals surface area contributed by atoms with Crippen LogP contribution in [0.3, 0.4) is 0 Å². The Morgan fingerprint density at radius 3 is 2.31 bits per heavy atom. The van der Waals surface area contributed by atoms with Crippen LogP contribution in [0.5, 0.6) is 0 Å². The molecule has 7 nitrogen and oxygen atoms in total. The number of nitrogens with zero attached hydrogens (tertiary/aromatic N) is 5. The number of amides is 2. The van der Waals surface area contributed by atoms with Crippen LogP contribution in [0.25, 0.3) is 11.4 Å². The smallest absolute Gasteiger partial charge is 0.233 e. The van der Waals surface area contributed by atoms with Crippen molar-refractivity contribution in [2.45, 2.75) is 57.7 Å². The van der Waals surface area contributed by atoms with Gasteiger partial charge in [0, 0.05) is 44.7 Å². The fourth-order valence-electron chi connectivity index (χ4n) is 4.72. The number of benzene rings is 1. The van der Waals surface area contributed by atoms with Crippen molar-refractivity contribution >= 4 is 23.6 Å². The van der Waals surface area contributed by atoms with Gasteiger partial charge < -0.3 is 14.4 Å². The molecule has 1 saturated carbocycles. The van der Waals surface area contributed by atoms with E-state index in [-0.39, 0.29) is 11.8 Å². The number of aryl methyl sites for hydroxylation is 1. The average molecular weight is 456 g/mol. The number of carbonyl (C=O) groups excluding carboxylic acids is 2. The standard InChI is InChI=1S/C24H33N5O2S/c1-3-29-23(20-11-7-4-8-18(20)2)25-26-24(29)32-17-22(31)28-14-12-27(13-15-28)21(30)16-19-9-5-6-10-19/h4,7-8,11,19H,3,5-6,9-10,12-17H2,1-2H3. The van der Waals surface area contributed by atoms with E-state index >= 15 is 0 Å². The molecule has 1 aliphatic heterocycles. The summed E-state index contributed by atoms with van der Waals surface area (Å²) in [6, 6.07) is 8.14. The highest BCUT2D eigenvalue weighted by molar-refractivity contribution is 7.99. The number of hydrogen-bond acceptors (Lipinski definition) is 5. The predicted molar refractivity (Wildman–Crippen MR) is 126 cm³/mol. The third-order valence-corrected chi connectivity index (χ3v) is 7.62. The average Bonchev–Trinajstić information content (AvgIpc) is 3.47. The van der Waals surface area contributed by atoms with E-state index in [1.54, 1.807) is 0 Å². The summed E-state index contributed by atoms with van der Waals surface area (Å²) in [6.07, 6.45) is 5.58. The second kappa shape index (κ2) is 10.5. The van der Waals surface area contributed by atoms with Gasteiger partial charge in [-0.15, -0.1) is 10.2 Å². The Hall–Kier alpha value is -2.35. The molecule has 2 aromatic rings. The number of carbonyl (C=O) groups is 2. The molecule has 0 spiro atoms. The van der Waals surface area contributed by atoms with Gasteiger partial charge in [-0.3, -0.25) is 9.59 Å². The van der Waals surface area contributed by atoms with E-state index in [0.717, 1.165) is 28.7 Å². The maximum Gasteiger partial charge on any atom is 0.233 e. The molecular formula is C24H33N5O2S. The molecule has 1 aromatic heterocycles. The van der Waals surface area contributed by atoms with Gasteiger partial charge >= 0.3 is 0 Å². The van der Waals surface area contributed by atoms with Gasteiger partial charge in [0.25, 0.3) is 0 Å². The largest absolute Gasteiger partial charge is 0.339 e. The van der Waals surface area contributed by atoms with Crippen molar-refractivity contribution in [3.63, 3.8) is 0 Å². The summed E-state index contributed by atoms with van der Waals surface area (Å²) in [5.74, 6) is 2.11. The highest BCUT2D eigenvalue weighted by atomic mass is 32.2. The van der Waals surface area contributed by atoms with Crippen LogP contribution in [0.1, 0.15) is 44.6 Å². The van der Waals surface area contributed by atoms with Gasteiger partial charge in [0.2, 0.25) is 11.8 Å². The first kappa shape index (κ1) is 22.8. The highest BCUT2D eigenvalue weighted by Gasteiger charge is 2.27. The van der Waals surface area contributed by atoms with Gasteiger partial charge in [-0.25, -0.2) is 0 Å². The normalized spacial score (nSPS) is 17.2. The lowest BCUT2D eigenvalue weighted by Crippen LogP contribution is -2.51. The van der Waals surface area contributed by atoms with Gasteiger partial charge in [0.1, 0.15) is 0 Å². The fourth-order valence-corrected chi connectivity index (χ4v) is 5.62. The molecule has 172 valence electrons. The minimum Gasteiger partial charge on any atom is -0.339 e. The SMILES string of the molecule is CCn1c(SCC(=O)N2CCN(C(=O)CC3CCCC3)CC2)nnc1-c1ccccc1C. The number of thioether (sulfide) groups is 1. The van der Waals surface area contributed by atoms with Gasteiger partial charge in [0.15, 0.2) is 11.0 Å². The lowest BCUT2D eigenvalue weighted by atomic mass is 10.0. The van der Waals surface area contributed by atoms with Crippen molar-refractivity contribution in [2.75, 3.05) is 31.9 Å². The Morgan fingerprint density at radius 2 is 1.66 bits per heavy atom. The lowest BCUT2D eigenvalue weighted by molar-refractivity contribution is -0.138. The number of rotatable bonds is 7. The van der Waals surface area contributed by atoms with Gasteiger partial charge in [-0.1, -0.05) is 48.9 Å². The minimum atomic E-state index is 0.0981. The van der Waals surface area contributed by atoms with Crippen LogP contribution in [0.15, 0.2) is 29.4 Å². The molecule has 0 unspecified atom stereocenters. The van der Waals surface area contributed by atoms with Crippen molar-refractivity contribution < 1.29 is 9.59 Å². The molecular weight excluding hydrogens is 422 g/mol. The first-order valence-electron chi connectivity index (χ1n) is 11.7. The van der Waals surface area contributed by atoms with E-state index in [0.29, 0.717) is 44.3 Å². The third kappa shape index (κ3) is 5.17. The maximum absolute atomic E-state index is 12.8. The van der Waals surface area contributed by atoms with E-state index in [4.69, 9.17) is 0 Å². The lowest BCUT2D eigenvalue weighted by Gasteiger charge is -2.35. The van der Waals surface area contributed by atoms with Crippen molar-refractivity contribution in [2.24, 2.45) is 5.92 Å². The van der Waals surface area contributed by atoms with Crippen molar-refractivity contribution in [1.29, 1.82) is 0 Å². The van der Waals surface area contributed by atoms with E-state index < -0.39 is 0 Å². The summed E-state index contributed by atoms with van der Waals surface area (Å²) in [7, 11) is 0. The van der Waals surface area contributed by atoms with Crippen LogP contribution >= 0.6 is 11.8 Å². The third-order valence-electron chi connectivity index (χ3n) is 6.67. The summed E-state index contributed by atoms with van der Waals surface area (Å²) in [5.41, 5.74) is 2.22. The molecule has 4 rings (SSSR count). The van der Waals surface area contributed by atoms with E-state index in [1.165, 1.54) is 37.4 Å². The van der Waals surface area contributed by atoms with Crippen LogP contribution in [0, 0.1) is 12.8 Å². The van der Waals surface area contributed by atoms with Gasteiger partial charge in [-0.2, -0.15) is 0 Å². The molecule has 0 N–H and O–H groups in total. The van der Waals surface area contributed by atoms with Crippen LogP contribution in [-0.4, -0.2) is 68.3 Å². The Morgan fingerprint density at radius 1 is 1.00 bits per heavy atom. The molecule has 0 bridgehead atoms. The van der Waals surface area contributed by atoms with E-state index in [9.17, 15) is 9.59 Å². The Bertz CT molecular complexity index is 946. The summed E-state index contributed by atoms with van der Waals surface area (Å²) in [6.45, 7) is 7.40. The zero-order valence-electron chi connectivity index (χ0n) is 19.1. The fraction of sp³-hybridized carbons (Fsp3) is 0.583. The van der Waals surface area contributed by atoms with E-state index in [2.05, 4.69) is 40.7 Å². The molecule has 2 amide bonds. The summed E-state index contributed by atoms with van der Waals surface area (Å²) in [5, 5.41) is 9.53. The molecule has 2 fully saturated rings. The highest BCUT2D eigenvalue weighted by Crippen LogP contribution is 2.29. The zero-order valence-corrected chi connectivity index (χ0v) is 19.9. The summed E-state index contributed by atoms with van der Waals surface area (Å²) >= 11 is 1.44. The molecule has 0 atom stereocenters. The summed E-state index contributed by atoms with van der Waals surface area (Å²) < 4.78 is 2.07. The summed E-state index contributed by atoms with van der Waals surface area (Å²) in [4.78, 5) is 29.2. The molecule has 8 heteroatoms. The van der Waals surface area contributed by atoms with Crippen LogP contribution in [-0.2, 0) is 16.1 Å². The zero-order chi connectivity index (χ0) is 22.5. The molecule has 32 heavy (non-hydrogen) atoms. The van der Waals surface area contributed by atoms with Crippen LogP contribution in [0.2, 0.25) is 0 Å². The van der Waals surface area contributed by atoms with Crippen molar-refractivity contribution in [1.82, 2.24) is 24.6 Å². The number of hydrogen-bond donors (Lipinski definition) is 0. The topological polar surface area (TPSA) is 71.3 Å². The quantitative estimate of drug-likeness (QED) is 0.597. The Balaban J connectivity index is 1.29. The Labute approximate surface area is 194 Å². The molecule has 2 heterocycles. The van der Waals surface area contributed by atoms with Crippen LogP contribution < -0.4 is 0 Å².